The van der Waals surface area contributed by atoms with Crippen LogP contribution < -0.4 is 15.5 Å². The average molecular weight is 393 g/mol. The molecule has 0 aromatic carbocycles. The minimum Gasteiger partial charge on any atom is -0.368 e. The van der Waals surface area contributed by atoms with Crippen LogP contribution >= 0.6 is 23.2 Å². The number of nitrogens with zero attached hydrogens (tertiary/aromatic N) is 5. The molecule has 2 N–H and O–H groups in total. The fourth-order valence-corrected chi connectivity index (χ4v) is 3.02. The smallest absolute Gasteiger partial charge is 0.368 e. The summed E-state index contributed by atoms with van der Waals surface area (Å²) in [5.41, 5.74) is 4.72. The van der Waals surface area contributed by atoms with Crippen molar-refractivity contribution in [1.29, 1.82) is 0 Å². The van der Waals surface area contributed by atoms with Gasteiger partial charge in [-0.2, -0.15) is 18.2 Å². The van der Waals surface area contributed by atoms with E-state index in [0.29, 0.717) is 37.8 Å². The van der Waals surface area contributed by atoms with E-state index in [-0.39, 0.29) is 16.1 Å². The molecule has 3 heterocycles. The van der Waals surface area contributed by atoms with Crippen molar-refractivity contribution in [2.75, 3.05) is 41.7 Å². The molecule has 0 aliphatic carbocycles. The van der Waals surface area contributed by atoms with Gasteiger partial charge >= 0.3 is 6.18 Å². The van der Waals surface area contributed by atoms with Crippen LogP contribution in [0.5, 0.6) is 0 Å². The topological polar surface area (TPSA) is 71.2 Å². The molecule has 1 aliphatic heterocycles. The Morgan fingerprint density at radius 2 is 1.64 bits per heavy atom. The van der Waals surface area contributed by atoms with Gasteiger partial charge in [-0.3, -0.25) is 0 Å². The van der Waals surface area contributed by atoms with E-state index in [0.717, 1.165) is 12.3 Å². The molecular formula is C14H13Cl2F3N6. The maximum absolute atomic E-state index is 12.7. The molecule has 25 heavy (non-hydrogen) atoms. The molecule has 1 aliphatic rings. The van der Waals surface area contributed by atoms with Crippen molar-refractivity contribution in [3.8, 4) is 0 Å². The molecule has 0 atom stereocenters. The largest absolute Gasteiger partial charge is 0.417 e. The minimum atomic E-state index is -4.47. The predicted molar refractivity (Wildman–Crippen MR) is 90.1 cm³/mol. The Balaban J connectivity index is 1.72. The van der Waals surface area contributed by atoms with Crippen molar-refractivity contribution < 1.29 is 13.2 Å². The fourth-order valence-electron chi connectivity index (χ4n) is 2.55. The van der Waals surface area contributed by atoms with Crippen LogP contribution in [0.25, 0.3) is 0 Å². The summed E-state index contributed by atoms with van der Waals surface area (Å²) >= 11 is 11.9. The van der Waals surface area contributed by atoms with Crippen LogP contribution in [-0.2, 0) is 6.18 Å². The van der Waals surface area contributed by atoms with Gasteiger partial charge in [0.15, 0.2) is 0 Å². The summed E-state index contributed by atoms with van der Waals surface area (Å²) < 4.78 is 38.1. The van der Waals surface area contributed by atoms with Crippen molar-refractivity contribution in [1.82, 2.24) is 15.0 Å². The number of nitrogens with two attached hydrogens (primary N) is 1. The lowest BCUT2D eigenvalue weighted by Crippen LogP contribution is -2.47. The van der Waals surface area contributed by atoms with Crippen molar-refractivity contribution in [2.45, 2.75) is 6.18 Å². The molecule has 11 heteroatoms. The second-order valence-electron chi connectivity index (χ2n) is 5.41. The van der Waals surface area contributed by atoms with Crippen LogP contribution in [0.1, 0.15) is 5.56 Å². The Hall–Kier alpha value is -2.00. The number of halogens is 5. The zero-order chi connectivity index (χ0) is 18.2. The van der Waals surface area contributed by atoms with Crippen LogP contribution in [0.15, 0.2) is 18.3 Å². The Labute approximate surface area is 151 Å². The SMILES string of the molecule is Nc1nc(Cl)cc(N2CCN(c3ncc(C(F)(F)F)cc3Cl)CC2)n1. The van der Waals surface area contributed by atoms with E-state index in [1.807, 2.05) is 9.80 Å². The first-order chi connectivity index (χ1) is 11.7. The summed E-state index contributed by atoms with van der Waals surface area (Å²) in [5, 5.41) is 0.218. The quantitative estimate of drug-likeness (QED) is 0.791. The Bertz CT molecular complexity index is 757. The number of anilines is 3. The van der Waals surface area contributed by atoms with E-state index in [2.05, 4.69) is 15.0 Å². The zero-order valence-electron chi connectivity index (χ0n) is 12.8. The van der Waals surface area contributed by atoms with Gasteiger partial charge in [0.2, 0.25) is 5.95 Å². The predicted octanol–water partition coefficient (Wildman–Crippen LogP) is 3.11. The van der Waals surface area contributed by atoms with E-state index >= 15 is 0 Å². The molecule has 0 unspecified atom stereocenters. The summed E-state index contributed by atoms with van der Waals surface area (Å²) in [7, 11) is 0. The molecule has 6 nitrogen and oxygen atoms in total. The zero-order valence-corrected chi connectivity index (χ0v) is 14.3. The molecule has 2 aromatic heterocycles. The van der Waals surface area contributed by atoms with E-state index in [1.165, 1.54) is 0 Å². The Morgan fingerprint density at radius 1 is 1.00 bits per heavy atom. The van der Waals surface area contributed by atoms with E-state index in [9.17, 15) is 13.2 Å². The minimum absolute atomic E-state index is 0.0300. The molecule has 3 rings (SSSR count). The molecule has 0 spiro atoms. The summed E-state index contributed by atoms with van der Waals surface area (Å²) in [6.07, 6.45) is -3.68. The molecule has 0 bridgehead atoms. The lowest BCUT2D eigenvalue weighted by molar-refractivity contribution is -0.137. The van der Waals surface area contributed by atoms with Gasteiger partial charge in [0.05, 0.1) is 10.6 Å². The Kier molecular flexibility index (Phi) is 4.79. The van der Waals surface area contributed by atoms with Crippen LogP contribution in [-0.4, -0.2) is 41.1 Å². The van der Waals surface area contributed by atoms with Gasteiger partial charge in [-0.15, -0.1) is 0 Å². The van der Waals surface area contributed by atoms with Gasteiger partial charge in [-0.1, -0.05) is 23.2 Å². The lowest BCUT2D eigenvalue weighted by Gasteiger charge is -2.36. The standard InChI is InChI=1S/C14H13Cl2F3N6/c15-9-5-8(14(17,18)19)7-21-12(9)25-3-1-24(2-4-25)11-6-10(16)22-13(20)23-11/h5-7H,1-4H2,(H2,20,22,23). The van der Waals surface area contributed by atoms with Gasteiger partial charge in [0.1, 0.15) is 16.8 Å². The number of piperazine rings is 1. The molecule has 1 saturated heterocycles. The first-order valence-corrected chi connectivity index (χ1v) is 8.02. The van der Waals surface area contributed by atoms with Crippen LogP contribution in [0.2, 0.25) is 10.2 Å². The van der Waals surface area contributed by atoms with Crippen molar-refractivity contribution in [2.24, 2.45) is 0 Å². The normalized spacial score (nSPS) is 15.6. The number of aromatic nitrogens is 3. The first-order valence-electron chi connectivity index (χ1n) is 7.27. The average Bonchev–Trinajstić information content (AvgIpc) is 2.53. The number of alkyl halides is 3. The van der Waals surface area contributed by atoms with Crippen LogP contribution in [0.3, 0.4) is 0 Å². The number of hydrogen-bond acceptors (Lipinski definition) is 6. The lowest BCUT2D eigenvalue weighted by atomic mass is 10.2. The third-order valence-corrected chi connectivity index (χ3v) is 4.22. The molecule has 0 amide bonds. The van der Waals surface area contributed by atoms with Crippen LogP contribution in [0.4, 0.5) is 30.8 Å². The highest BCUT2D eigenvalue weighted by atomic mass is 35.5. The number of rotatable bonds is 2. The van der Waals surface area contributed by atoms with E-state index in [1.54, 1.807) is 6.07 Å². The Morgan fingerprint density at radius 3 is 2.20 bits per heavy atom. The van der Waals surface area contributed by atoms with E-state index in [4.69, 9.17) is 28.9 Å². The number of hydrogen-bond donors (Lipinski definition) is 1. The second kappa shape index (κ2) is 6.72. The third kappa shape index (κ3) is 3.98. The maximum atomic E-state index is 12.7. The summed E-state index contributed by atoms with van der Waals surface area (Å²) in [6, 6.07) is 2.50. The van der Waals surface area contributed by atoms with Gasteiger partial charge in [0.25, 0.3) is 0 Å². The van der Waals surface area contributed by atoms with Crippen molar-refractivity contribution in [3.63, 3.8) is 0 Å². The van der Waals surface area contributed by atoms with Crippen molar-refractivity contribution in [3.05, 3.63) is 34.1 Å². The second-order valence-corrected chi connectivity index (χ2v) is 6.20. The van der Waals surface area contributed by atoms with Crippen molar-refractivity contribution >= 4 is 40.8 Å². The highest BCUT2D eigenvalue weighted by Crippen LogP contribution is 2.34. The first kappa shape index (κ1) is 17.8. The van der Waals surface area contributed by atoms with E-state index < -0.39 is 11.7 Å². The van der Waals surface area contributed by atoms with Gasteiger partial charge < -0.3 is 15.5 Å². The monoisotopic (exact) mass is 392 g/mol. The van der Waals surface area contributed by atoms with Gasteiger partial charge in [-0.05, 0) is 6.07 Å². The highest BCUT2D eigenvalue weighted by molar-refractivity contribution is 6.33. The summed E-state index contributed by atoms with van der Waals surface area (Å²) in [4.78, 5) is 15.6. The maximum Gasteiger partial charge on any atom is 0.417 e. The number of pyridine rings is 1. The molecule has 134 valence electrons. The fraction of sp³-hybridized carbons (Fsp3) is 0.357. The molecule has 2 aromatic rings. The number of nitrogen functional groups attached to an aromatic ring is 1. The summed E-state index contributed by atoms with van der Waals surface area (Å²) in [6.45, 7) is 2.15. The third-order valence-electron chi connectivity index (χ3n) is 3.75. The molecule has 1 fully saturated rings. The summed E-state index contributed by atoms with van der Waals surface area (Å²) in [5.74, 6) is 1.01. The highest BCUT2D eigenvalue weighted by Gasteiger charge is 2.32. The van der Waals surface area contributed by atoms with Gasteiger partial charge in [-0.25, -0.2) is 9.97 Å². The van der Waals surface area contributed by atoms with Crippen LogP contribution in [0, 0.1) is 0 Å². The molecule has 0 saturated carbocycles. The molecule has 0 radical (unpaired) electrons. The van der Waals surface area contributed by atoms with Gasteiger partial charge in [0, 0.05) is 38.4 Å². The molecular weight excluding hydrogens is 380 g/mol.